The Hall–Kier alpha value is -1.60. The lowest BCUT2D eigenvalue weighted by atomic mass is 9.93. The van der Waals surface area contributed by atoms with Gasteiger partial charge in [0.1, 0.15) is 12.5 Å². The third-order valence-corrected chi connectivity index (χ3v) is 5.69. The Morgan fingerprint density at radius 1 is 1.52 bits per heavy atom. The Morgan fingerprint density at radius 2 is 2.32 bits per heavy atom. The third-order valence-electron chi connectivity index (χ3n) is 5.69. The van der Waals surface area contributed by atoms with Crippen molar-refractivity contribution >= 4 is 5.97 Å². The minimum atomic E-state index is -0.484. The predicted octanol–water partition coefficient (Wildman–Crippen LogP) is 1.96. The molecule has 3 rings (SSSR count). The predicted molar refractivity (Wildman–Crippen MR) is 90.4 cm³/mol. The Morgan fingerprint density at radius 3 is 3.00 bits per heavy atom. The zero-order valence-corrected chi connectivity index (χ0v) is 15.2. The lowest BCUT2D eigenvalue weighted by Crippen LogP contribution is -2.46. The number of rotatable bonds is 7. The van der Waals surface area contributed by atoms with Crippen LogP contribution in [0.1, 0.15) is 51.2 Å². The van der Waals surface area contributed by atoms with Gasteiger partial charge in [0.05, 0.1) is 13.7 Å². The van der Waals surface area contributed by atoms with Gasteiger partial charge in [-0.25, -0.2) is 0 Å². The minimum absolute atomic E-state index is 0.0397. The first-order chi connectivity index (χ1) is 12.0. The molecule has 0 radical (unpaired) electrons. The summed E-state index contributed by atoms with van der Waals surface area (Å²) in [5, 5.41) is 13.7. The lowest BCUT2D eigenvalue weighted by Gasteiger charge is -2.33. The number of hydrogen-bond acceptors (Lipinski definition) is 7. The second kappa shape index (κ2) is 7.33. The summed E-state index contributed by atoms with van der Waals surface area (Å²) in [6.07, 6.45) is 4.21. The quantitative estimate of drug-likeness (QED) is 0.751. The van der Waals surface area contributed by atoms with Crippen molar-refractivity contribution in [1.29, 1.82) is 0 Å². The first-order valence-corrected chi connectivity index (χ1v) is 9.05. The molecule has 25 heavy (non-hydrogen) atoms. The van der Waals surface area contributed by atoms with E-state index in [1.807, 2.05) is 13.8 Å². The van der Waals surface area contributed by atoms with Crippen LogP contribution in [0.4, 0.5) is 0 Å². The maximum absolute atomic E-state index is 11.9. The molecule has 0 spiro atoms. The van der Waals surface area contributed by atoms with Gasteiger partial charge >= 0.3 is 5.97 Å². The molecule has 1 N–H and O–H groups in total. The van der Waals surface area contributed by atoms with Crippen molar-refractivity contribution in [1.82, 2.24) is 10.1 Å². The van der Waals surface area contributed by atoms with Gasteiger partial charge < -0.3 is 19.1 Å². The van der Waals surface area contributed by atoms with Gasteiger partial charge in [0.25, 0.3) is 5.88 Å². The highest BCUT2D eigenvalue weighted by atomic mass is 16.5. The summed E-state index contributed by atoms with van der Waals surface area (Å²) in [6.45, 7) is 5.61. The molecule has 3 atom stereocenters. The van der Waals surface area contributed by atoms with E-state index in [0.29, 0.717) is 18.2 Å². The molecule has 2 aliphatic rings. The van der Waals surface area contributed by atoms with Crippen LogP contribution in [0.5, 0.6) is 5.88 Å². The van der Waals surface area contributed by atoms with Crippen molar-refractivity contribution in [2.75, 3.05) is 26.9 Å². The number of aromatic nitrogens is 1. The number of methoxy groups -OCH3 is 1. The molecule has 1 aromatic heterocycles. The van der Waals surface area contributed by atoms with E-state index >= 15 is 0 Å². The summed E-state index contributed by atoms with van der Waals surface area (Å²) < 4.78 is 16.0. The molecule has 140 valence electrons. The van der Waals surface area contributed by atoms with Crippen LogP contribution < -0.4 is 4.74 Å². The Kier molecular flexibility index (Phi) is 5.34. The Bertz CT molecular complexity index is 602. The molecule has 1 unspecified atom stereocenters. The van der Waals surface area contributed by atoms with E-state index in [9.17, 15) is 9.90 Å². The summed E-state index contributed by atoms with van der Waals surface area (Å²) >= 11 is 0. The van der Waals surface area contributed by atoms with E-state index in [2.05, 4.69) is 10.1 Å². The van der Waals surface area contributed by atoms with Crippen molar-refractivity contribution in [3.8, 4) is 5.88 Å². The topological polar surface area (TPSA) is 85.0 Å². The highest BCUT2D eigenvalue weighted by Crippen LogP contribution is 2.42. The number of nitrogens with zero attached hydrogens (tertiary/aromatic N) is 2. The fourth-order valence-corrected chi connectivity index (χ4v) is 4.32. The molecule has 0 aromatic carbocycles. The van der Waals surface area contributed by atoms with Gasteiger partial charge in [0.15, 0.2) is 5.76 Å². The van der Waals surface area contributed by atoms with Crippen LogP contribution in [0.2, 0.25) is 0 Å². The molecule has 0 aliphatic carbocycles. The van der Waals surface area contributed by atoms with Crippen molar-refractivity contribution in [3.05, 3.63) is 11.8 Å². The van der Waals surface area contributed by atoms with Gasteiger partial charge in [-0.05, 0) is 43.3 Å². The number of hydrogen-bond donors (Lipinski definition) is 1. The first kappa shape index (κ1) is 18.2. The van der Waals surface area contributed by atoms with E-state index in [-0.39, 0.29) is 30.1 Å². The number of ether oxygens (including phenoxy) is 2. The molecule has 3 heterocycles. The van der Waals surface area contributed by atoms with Crippen LogP contribution in [0.25, 0.3) is 0 Å². The normalized spacial score (nSPS) is 27.5. The van der Waals surface area contributed by atoms with Gasteiger partial charge in [-0.3, -0.25) is 9.69 Å². The van der Waals surface area contributed by atoms with Crippen LogP contribution >= 0.6 is 0 Å². The van der Waals surface area contributed by atoms with E-state index < -0.39 is 5.92 Å². The SMILES string of the molecule is COC(=O)C(c1cc(OC[C@@H]2CC[C@]3(CO)CCCN23)no1)C(C)C. The van der Waals surface area contributed by atoms with Gasteiger partial charge in [-0.2, -0.15) is 0 Å². The van der Waals surface area contributed by atoms with Crippen molar-refractivity contribution in [3.63, 3.8) is 0 Å². The molecular formula is C18H28N2O5. The molecule has 0 amide bonds. The monoisotopic (exact) mass is 352 g/mol. The molecule has 2 fully saturated rings. The number of aliphatic hydroxyl groups excluding tert-OH is 1. The van der Waals surface area contributed by atoms with Crippen LogP contribution in [0, 0.1) is 5.92 Å². The summed E-state index contributed by atoms with van der Waals surface area (Å²) in [7, 11) is 1.37. The number of esters is 1. The second-order valence-electron chi connectivity index (χ2n) is 7.50. The number of carbonyl (C=O) groups excluding carboxylic acids is 1. The van der Waals surface area contributed by atoms with Crippen LogP contribution in [0.15, 0.2) is 10.6 Å². The van der Waals surface area contributed by atoms with Gasteiger partial charge in [-0.1, -0.05) is 13.8 Å². The van der Waals surface area contributed by atoms with Crippen molar-refractivity contribution < 1.29 is 23.9 Å². The van der Waals surface area contributed by atoms with E-state index in [1.54, 1.807) is 6.07 Å². The molecule has 0 bridgehead atoms. The highest BCUT2D eigenvalue weighted by Gasteiger charge is 2.48. The second-order valence-corrected chi connectivity index (χ2v) is 7.50. The summed E-state index contributed by atoms with van der Waals surface area (Å²) in [6, 6.07) is 1.97. The first-order valence-electron chi connectivity index (χ1n) is 9.05. The number of aliphatic hydroxyl groups is 1. The zero-order chi connectivity index (χ0) is 18.0. The van der Waals surface area contributed by atoms with Crippen molar-refractivity contribution in [2.45, 2.75) is 57.0 Å². The lowest BCUT2D eigenvalue weighted by molar-refractivity contribution is -0.144. The van der Waals surface area contributed by atoms with E-state index in [4.69, 9.17) is 14.0 Å². The van der Waals surface area contributed by atoms with Crippen LogP contribution in [-0.4, -0.2) is 59.6 Å². The average molecular weight is 352 g/mol. The molecular weight excluding hydrogens is 324 g/mol. The Labute approximate surface area is 148 Å². The largest absolute Gasteiger partial charge is 0.474 e. The van der Waals surface area contributed by atoms with E-state index in [0.717, 1.165) is 32.2 Å². The maximum atomic E-state index is 11.9. The summed E-state index contributed by atoms with van der Waals surface area (Å²) in [5.41, 5.74) is -0.0450. The van der Waals surface area contributed by atoms with Crippen LogP contribution in [0.3, 0.4) is 0 Å². The Balaban J connectivity index is 1.62. The third kappa shape index (κ3) is 3.40. The van der Waals surface area contributed by atoms with Gasteiger partial charge in [-0.15, -0.1) is 0 Å². The van der Waals surface area contributed by atoms with Crippen molar-refractivity contribution in [2.24, 2.45) is 5.92 Å². The standard InChI is InChI=1S/C18H28N2O5/c1-12(2)16(17(22)23-3)14-9-15(19-25-14)24-10-13-5-7-18(11-21)6-4-8-20(13)18/h9,12-13,16,21H,4-8,10-11H2,1-3H3/t13-,16?,18-/m0/s1. The molecule has 2 aliphatic heterocycles. The molecule has 7 nitrogen and oxygen atoms in total. The summed E-state index contributed by atoms with van der Waals surface area (Å²) in [5.74, 6) is 0.0810. The maximum Gasteiger partial charge on any atom is 0.316 e. The summed E-state index contributed by atoms with van der Waals surface area (Å²) in [4.78, 5) is 14.3. The smallest absolute Gasteiger partial charge is 0.316 e. The van der Waals surface area contributed by atoms with E-state index in [1.165, 1.54) is 7.11 Å². The van der Waals surface area contributed by atoms with Gasteiger partial charge in [0, 0.05) is 17.6 Å². The molecule has 2 saturated heterocycles. The fraction of sp³-hybridized carbons (Fsp3) is 0.778. The highest BCUT2D eigenvalue weighted by molar-refractivity contribution is 5.77. The minimum Gasteiger partial charge on any atom is -0.474 e. The van der Waals surface area contributed by atoms with Crippen LogP contribution in [-0.2, 0) is 9.53 Å². The number of fused-ring (bicyclic) bond motifs is 1. The molecule has 7 heteroatoms. The molecule has 1 aromatic rings. The molecule has 0 saturated carbocycles. The zero-order valence-electron chi connectivity index (χ0n) is 15.2. The fourth-order valence-electron chi connectivity index (χ4n) is 4.32. The number of carbonyl (C=O) groups is 1. The average Bonchev–Trinajstić information content (AvgIpc) is 3.28. The van der Waals surface area contributed by atoms with Gasteiger partial charge in [0.2, 0.25) is 0 Å².